The van der Waals surface area contributed by atoms with Crippen molar-refractivity contribution >= 4 is 40.0 Å². The van der Waals surface area contributed by atoms with Crippen molar-refractivity contribution in [3.8, 4) is 0 Å². The van der Waals surface area contributed by atoms with Crippen LogP contribution in [0.5, 0.6) is 0 Å². The highest BCUT2D eigenvalue weighted by Crippen LogP contribution is 2.20. The van der Waals surface area contributed by atoms with E-state index in [4.69, 9.17) is 9.88 Å². The Hall–Kier alpha value is -0.910. The quantitative estimate of drug-likeness (QED) is 0.216. The smallest absolute Gasteiger partial charge is 0.238 e. The number of rotatable bonds is 8. The number of hydrogen-bond donors (Lipinski definition) is 3. The normalized spacial score (nSPS) is 15.9. The fourth-order valence-corrected chi connectivity index (χ4v) is 3.58. The number of nitrogens with zero attached hydrogens (tertiary/aromatic N) is 1. The molecule has 0 unspecified atom stereocenters. The van der Waals surface area contributed by atoms with Crippen molar-refractivity contribution < 1.29 is 13.2 Å². The van der Waals surface area contributed by atoms with Gasteiger partial charge in [0.2, 0.25) is 10.0 Å². The summed E-state index contributed by atoms with van der Waals surface area (Å²) in [6, 6.07) is 6.56. The van der Waals surface area contributed by atoms with Crippen LogP contribution in [0.3, 0.4) is 0 Å². The lowest BCUT2D eigenvalue weighted by molar-refractivity contribution is 0.0277. The highest BCUT2D eigenvalue weighted by atomic mass is 127. The molecule has 1 aromatic carbocycles. The molecule has 7 nitrogen and oxygen atoms in total. The lowest BCUT2D eigenvalue weighted by Gasteiger charge is -2.22. The number of sulfonamides is 1. The highest BCUT2D eigenvalue weighted by Gasteiger charge is 2.13. The van der Waals surface area contributed by atoms with E-state index < -0.39 is 10.0 Å². The summed E-state index contributed by atoms with van der Waals surface area (Å²) >= 11 is 0. The van der Waals surface area contributed by atoms with Crippen molar-refractivity contribution in [3.05, 3.63) is 29.8 Å². The van der Waals surface area contributed by atoms with Gasteiger partial charge in [-0.15, -0.1) is 24.0 Å². The Morgan fingerprint density at radius 1 is 1.26 bits per heavy atom. The minimum atomic E-state index is -3.69. The standard InChI is InChI=1S/C18H30N4O3S.HI/c1-20-18(21-11-6-12-25-16-8-3-2-4-9-16)22-14-15-7-5-10-17(13-15)26(19,23)24;/h5,7,10,13,16H,2-4,6,8-9,11-12,14H2,1H3,(H2,19,23,24)(H2,20,21,22);1H. The van der Waals surface area contributed by atoms with Crippen molar-refractivity contribution in [3.63, 3.8) is 0 Å². The Morgan fingerprint density at radius 2 is 2.00 bits per heavy atom. The van der Waals surface area contributed by atoms with Crippen molar-refractivity contribution in [2.75, 3.05) is 20.2 Å². The van der Waals surface area contributed by atoms with Gasteiger partial charge in [-0.2, -0.15) is 0 Å². The van der Waals surface area contributed by atoms with Crippen LogP contribution in [0.1, 0.15) is 44.1 Å². The first kappa shape index (κ1) is 24.1. The first-order chi connectivity index (χ1) is 12.5. The molecule has 0 heterocycles. The maximum Gasteiger partial charge on any atom is 0.238 e. The zero-order valence-electron chi connectivity index (χ0n) is 15.8. The average molecular weight is 510 g/mol. The van der Waals surface area contributed by atoms with Crippen molar-refractivity contribution in [1.29, 1.82) is 0 Å². The number of primary sulfonamides is 1. The molecule has 1 aliphatic rings. The summed E-state index contributed by atoms with van der Waals surface area (Å²) in [4.78, 5) is 4.28. The number of guanidine groups is 1. The van der Waals surface area contributed by atoms with E-state index in [0.29, 0.717) is 18.6 Å². The number of nitrogens with one attached hydrogen (secondary N) is 2. The third kappa shape index (κ3) is 9.22. The van der Waals surface area contributed by atoms with Gasteiger partial charge in [-0.25, -0.2) is 13.6 Å². The summed E-state index contributed by atoms with van der Waals surface area (Å²) in [5.74, 6) is 0.670. The van der Waals surface area contributed by atoms with Gasteiger partial charge in [0.15, 0.2) is 5.96 Å². The van der Waals surface area contributed by atoms with Crippen LogP contribution in [0, 0.1) is 0 Å². The van der Waals surface area contributed by atoms with Gasteiger partial charge in [0, 0.05) is 26.7 Å². The summed E-state index contributed by atoms with van der Waals surface area (Å²) in [6.45, 7) is 1.98. The predicted octanol–water partition coefficient (Wildman–Crippen LogP) is 2.36. The van der Waals surface area contributed by atoms with Gasteiger partial charge in [0.1, 0.15) is 0 Å². The largest absolute Gasteiger partial charge is 0.378 e. The van der Waals surface area contributed by atoms with Gasteiger partial charge in [-0.3, -0.25) is 4.99 Å². The second kappa shape index (κ2) is 12.5. The minimum Gasteiger partial charge on any atom is -0.378 e. The highest BCUT2D eigenvalue weighted by molar-refractivity contribution is 14.0. The second-order valence-corrected chi connectivity index (χ2v) is 8.09. The van der Waals surface area contributed by atoms with E-state index in [0.717, 1.165) is 25.1 Å². The molecule has 1 aromatic rings. The maximum absolute atomic E-state index is 11.4. The molecule has 154 valence electrons. The fourth-order valence-electron chi connectivity index (χ4n) is 3.00. The van der Waals surface area contributed by atoms with E-state index in [1.54, 1.807) is 19.2 Å². The second-order valence-electron chi connectivity index (χ2n) is 6.53. The van der Waals surface area contributed by atoms with E-state index >= 15 is 0 Å². The van der Waals surface area contributed by atoms with E-state index in [2.05, 4.69) is 15.6 Å². The van der Waals surface area contributed by atoms with Crippen LogP contribution in [0.4, 0.5) is 0 Å². The zero-order chi connectivity index (χ0) is 18.8. The summed E-state index contributed by atoms with van der Waals surface area (Å²) in [7, 11) is -1.98. The maximum atomic E-state index is 11.4. The molecule has 27 heavy (non-hydrogen) atoms. The molecule has 0 aromatic heterocycles. The number of halogens is 1. The van der Waals surface area contributed by atoms with E-state index in [1.165, 1.54) is 38.2 Å². The Kier molecular flexibility index (Phi) is 11.2. The van der Waals surface area contributed by atoms with Gasteiger partial charge in [-0.05, 0) is 37.0 Å². The van der Waals surface area contributed by atoms with E-state index in [9.17, 15) is 8.42 Å². The molecule has 0 radical (unpaired) electrons. The number of nitrogens with two attached hydrogens (primary N) is 1. The van der Waals surface area contributed by atoms with Crippen LogP contribution in [-0.4, -0.2) is 40.7 Å². The molecule has 0 spiro atoms. The van der Waals surface area contributed by atoms with E-state index in [1.807, 2.05) is 6.07 Å². The molecule has 1 saturated carbocycles. The Morgan fingerprint density at radius 3 is 2.67 bits per heavy atom. The Balaban J connectivity index is 0.00000364. The van der Waals surface area contributed by atoms with Gasteiger partial charge in [0.05, 0.1) is 11.0 Å². The molecule has 4 N–H and O–H groups in total. The molecule has 0 amide bonds. The third-order valence-electron chi connectivity index (χ3n) is 4.43. The van der Waals surface area contributed by atoms with Gasteiger partial charge in [0.25, 0.3) is 0 Å². The number of benzene rings is 1. The molecule has 1 fully saturated rings. The monoisotopic (exact) mass is 510 g/mol. The van der Waals surface area contributed by atoms with Crippen molar-refractivity contribution in [2.45, 2.75) is 56.1 Å². The third-order valence-corrected chi connectivity index (χ3v) is 5.34. The fraction of sp³-hybridized carbons (Fsp3) is 0.611. The Bertz CT molecular complexity index is 692. The van der Waals surface area contributed by atoms with Crippen LogP contribution < -0.4 is 15.8 Å². The van der Waals surface area contributed by atoms with Crippen LogP contribution >= 0.6 is 24.0 Å². The number of hydrogen-bond acceptors (Lipinski definition) is 4. The molecule has 9 heteroatoms. The first-order valence-electron chi connectivity index (χ1n) is 9.17. The molecular formula is C18H31IN4O3S. The summed E-state index contributed by atoms with van der Waals surface area (Å²) in [6.07, 6.45) is 7.63. The summed E-state index contributed by atoms with van der Waals surface area (Å²) in [5, 5.41) is 11.6. The average Bonchev–Trinajstić information content (AvgIpc) is 2.64. The number of aliphatic imine (C=N–C) groups is 1. The molecule has 2 rings (SSSR count). The van der Waals surface area contributed by atoms with Crippen LogP contribution in [0.15, 0.2) is 34.2 Å². The van der Waals surface area contributed by atoms with Gasteiger partial charge >= 0.3 is 0 Å². The van der Waals surface area contributed by atoms with Crippen molar-refractivity contribution in [1.82, 2.24) is 10.6 Å². The summed E-state index contributed by atoms with van der Waals surface area (Å²) < 4.78 is 28.7. The SMILES string of the molecule is CN=C(NCCCOC1CCCCC1)NCc1cccc(S(N)(=O)=O)c1.I. The first-order valence-corrected chi connectivity index (χ1v) is 10.7. The molecule has 1 aliphatic carbocycles. The molecule has 0 aliphatic heterocycles. The molecular weight excluding hydrogens is 479 g/mol. The predicted molar refractivity (Wildman–Crippen MR) is 119 cm³/mol. The lowest BCUT2D eigenvalue weighted by Crippen LogP contribution is -2.37. The van der Waals surface area contributed by atoms with Gasteiger partial charge in [-0.1, -0.05) is 31.4 Å². The number of ether oxygens (including phenoxy) is 1. The van der Waals surface area contributed by atoms with Crippen LogP contribution in [0.2, 0.25) is 0 Å². The topological polar surface area (TPSA) is 106 Å². The lowest BCUT2D eigenvalue weighted by atomic mass is 9.98. The van der Waals surface area contributed by atoms with Gasteiger partial charge < -0.3 is 15.4 Å². The molecule has 0 bridgehead atoms. The zero-order valence-corrected chi connectivity index (χ0v) is 19.0. The summed E-state index contributed by atoms with van der Waals surface area (Å²) in [5.41, 5.74) is 0.820. The molecule has 0 saturated heterocycles. The van der Waals surface area contributed by atoms with Crippen molar-refractivity contribution in [2.24, 2.45) is 10.1 Å². The molecule has 0 atom stereocenters. The van der Waals surface area contributed by atoms with Crippen LogP contribution in [0.25, 0.3) is 0 Å². The van der Waals surface area contributed by atoms with Crippen LogP contribution in [-0.2, 0) is 21.3 Å². The van der Waals surface area contributed by atoms with E-state index in [-0.39, 0.29) is 28.9 Å². The minimum absolute atomic E-state index is 0. The Labute approximate surface area is 179 Å².